The number of hydrogen-bond acceptors (Lipinski definition) is 5. The Morgan fingerprint density at radius 3 is 3.22 bits per heavy atom. The molecule has 2 rings (SSSR count). The molecule has 0 unspecified atom stereocenters. The molecule has 2 heterocycles. The van der Waals surface area contributed by atoms with Gasteiger partial charge in [-0.05, 0) is 18.6 Å². The SMILES string of the molecule is CC[C@H]1CN(c2ncccc2C(=O)OC)CCS1. The number of rotatable bonds is 3. The van der Waals surface area contributed by atoms with Crippen molar-refractivity contribution >= 4 is 23.5 Å². The fraction of sp³-hybridized carbons (Fsp3) is 0.538. The maximum atomic E-state index is 11.7. The van der Waals surface area contributed by atoms with Gasteiger partial charge in [0.25, 0.3) is 0 Å². The van der Waals surface area contributed by atoms with Gasteiger partial charge in [-0.15, -0.1) is 0 Å². The Hall–Kier alpha value is -1.23. The third kappa shape index (κ3) is 2.77. The highest BCUT2D eigenvalue weighted by atomic mass is 32.2. The molecular formula is C13H18N2O2S. The van der Waals surface area contributed by atoms with Gasteiger partial charge in [0, 0.05) is 30.3 Å². The van der Waals surface area contributed by atoms with Crippen LogP contribution in [0.5, 0.6) is 0 Å². The quantitative estimate of drug-likeness (QED) is 0.785. The summed E-state index contributed by atoms with van der Waals surface area (Å²) in [6, 6.07) is 3.54. The van der Waals surface area contributed by atoms with Crippen molar-refractivity contribution in [3.05, 3.63) is 23.9 Å². The van der Waals surface area contributed by atoms with E-state index in [9.17, 15) is 4.79 Å². The largest absolute Gasteiger partial charge is 0.465 e. The average molecular weight is 266 g/mol. The minimum absolute atomic E-state index is 0.315. The highest BCUT2D eigenvalue weighted by molar-refractivity contribution is 8.00. The first kappa shape index (κ1) is 13.2. The Morgan fingerprint density at radius 1 is 1.67 bits per heavy atom. The molecule has 1 aliphatic heterocycles. The lowest BCUT2D eigenvalue weighted by Crippen LogP contribution is -2.39. The summed E-state index contributed by atoms with van der Waals surface area (Å²) in [6.45, 7) is 4.07. The number of pyridine rings is 1. The fourth-order valence-corrected chi connectivity index (χ4v) is 3.26. The second-order valence-corrected chi connectivity index (χ2v) is 5.62. The predicted octanol–water partition coefficient (Wildman–Crippen LogP) is 2.20. The number of nitrogens with zero attached hydrogens (tertiary/aromatic N) is 2. The maximum Gasteiger partial charge on any atom is 0.341 e. The van der Waals surface area contributed by atoms with Crippen molar-refractivity contribution in [3.63, 3.8) is 0 Å². The number of anilines is 1. The van der Waals surface area contributed by atoms with E-state index in [-0.39, 0.29) is 5.97 Å². The maximum absolute atomic E-state index is 11.7. The van der Waals surface area contributed by atoms with E-state index in [2.05, 4.69) is 16.8 Å². The third-order valence-corrected chi connectivity index (χ3v) is 4.46. The van der Waals surface area contributed by atoms with Crippen LogP contribution in [-0.4, -0.2) is 42.2 Å². The Kier molecular flexibility index (Phi) is 4.47. The van der Waals surface area contributed by atoms with E-state index >= 15 is 0 Å². The van der Waals surface area contributed by atoms with Crippen LogP contribution >= 0.6 is 11.8 Å². The van der Waals surface area contributed by atoms with Crippen LogP contribution in [0.2, 0.25) is 0 Å². The second kappa shape index (κ2) is 6.09. The summed E-state index contributed by atoms with van der Waals surface area (Å²) in [5, 5.41) is 0.617. The highest BCUT2D eigenvalue weighted by Gasteiger charge is 2.24. The van der Waals surface area contributed by atoms with E-state index in [1.54, 1.807) is 18.3 Å². The summed E-state index contributed by atoms with van der Waals surface area (Å²) in [7, 11) is 1.40. The molecule has 0 N–H and O–H groups in total. The molecule has 0 radical (unpaired) electrons. The Balaban J connectivity index is 2.24. The molecule has 1 saturated heterocycles. The van der Waals surface area contributed by atoms with E-state index in [0.29, 0.717) is 10.8 Å². The van der Waals surface area contributed by atoms with Gasteiger partial charge in [0.2, 0.25) is 0 Å². The first-order valence-corrected chi connectivity index (χ1v) is 7.21. The van der Waals surface area contributed by atoms with E-state index < -0.39 is 0 Å². The Labute approximate surface area is 112 Å². The van der Waals surface area contributed by atoms with Crippen LogP contribution in [0.3, 0.4) is 0 Å². The van der Waals surface area contributed by atoms with E-state index in [4.69, 9.17) is 4.74 Å². The van der Waals surface area contributed by atoms with Crippen LogP contribution in [0.1, 0.15) is 23.7 Å². The van der Waals surface area contributed by atoms with Crippen molar-refractivity contribution in [2.24, 2.45) is 0 Å². The summed E-state index contributed by atoms with van der Waals surface area (Å²) >= 11 is 2.00. The minimum atomic E-state index is -0.315. The summed E-state index contributed by atoms with van der Waals surface area (Å²) in [4.78, 5) is 18.3. The van der Waals surface area contributed by atoms with Gasteiger partial charge in [0.05, 0.1) is 7.11 Å². The molecule has 0 saturated carbocycles. The normalized spacial score (nSPS) is 19.7. The highest BCUT2D eigenvalue weighted by Crippen LogP contribution is 2.26. The fourth-order valence-electron chi connectivity index (χ4n) is 2.08. The number of aromatic nitrogens is 1. The molecule has 0 aromatic carbocycles. The number of carbonyl (C=O) groups is 1. The molecular weight excluding hydrogens is 248 g/mol. The molecule has 1 aliphatic rings. The van der Waals surface area contributed by atoms with Crippen LogP contribution in [0.4, 0.5) is 5.82 Å². The number of hydrogen-bond donors (Lipinski definition) is 0. The van der Waals surface area contributed by atoms with Crippen LogP contribution < -0.4 is 4.90 Å². The van der Waals surface area contributed by atoms with Gasteiger partial charge in [-0.3, -0.25) is 0 Å². The first-order chi connectivity index (χ1) is 8.76. The van der Waals surface area contributed by atoms with Gasteiger partial charge >= 0.3 is 5.97 Å². The molecule has 98 valence electrons. The zero-order valence-electron chi connectivity index (χ0n) is 10.8. The van der Waals surface area contributed by atoms with Gasteiger partial charge < -0.3 is 9.64 Å². The van der Waals surface area contributed by atoms with Crippen molar-refractivity contribution < 1.29 is 9.53 Å². The van der Waals surface area contributed by atoms with Crippen LogP contribution in [0, 0.1) is 0 Å². The van der Waals surface area contributed by atoms with Crippen molar-refractivity contribution in [2.45, 2.75) is 18.6 Å². The second-order valence-electron chi connectivity index (χ2n) is 4.21. The lowest BCUT2D eigenvalue weighted by molar-refractivity contribution is 0.0601. The van der Waals surface area contributed by atoms with Crippen molar-refractivity contribution in [1.82, 2.24) is 4.98 Å². The summed E-state index contributed by atoms with van der Waals surface area (Å²) in [5.41, 5.74) is 0.557. The summed E-state index contributed by atoms with van der Waals surface area (Å²) in [6.07, 6.45) is 2.87. The van der Waals surface area contributed by atoms with E-state index in [0.717, 1.165) is 31.1 Å². The molecule has 0 aliphatic carbocycles. The molecule has 0 bridgehead atoms. The number of esters is 1. The predicted molar refractivity (Wildman–Crippen MR) is 74.3 cm³/mol. The molecule has 1 aromatic rings. The molecule has 5 heteroatoms. The Bertz CT molecular complexity index is 425. The summed E-state index contributed by atoms with van der Waals surface area (Å²) < 4.78 is 4.81. The number of thioether (sulfide) groups is 1. The molecule has 4 nitrogen and oxygen atoms in total. The van der Waals surface area contributed by atoms with Gasteiger partial charge in [0.15, 0.2) is 0 Å². The van der Waals surface area contributed by atoms with Crippen LogP contribution in [-0.2, 0) is 4.74 Å². The zero-order valence-corrected chi connectivity index (χ0v) is 11.6. The van der Waals surface area contributed by atoms with Crippen molar-refractivity contribution in [2.75, 3.05) is 30.9 Å². The lowest BCUT2D eigenvalue weighted by Gasteiger charge is -2.33. The number of ether oxygens (including phenoxy) is 1. The van der Waals surface area contributed by atoms with Crippen molar-refractivity contribution in [1.29, 1.82) is 0 Å². The van der Waals surface area contributed by atoms with Crippen molar-refractivity contribution in [3.8, 4) is 0 Å². The molecule has 1 aromatic heterocycles. The van der Waals surface area contributed by atoms with Gasteiger partial charge in [-0.1, -0.05) is 6.92 Å². The molecule has 1 fully saturated rings. The van der Waals surface area contributed by atoms with E-state index in [1.807, 2.05) is 11.8 Å². The lowest BCUT2D eigenvalue weighted by atomic mass is 10.2. The third-order valence-electron chi connectivity index (χ3n) is 3.09. The topological polar surface area (TPSA) is 42.4 Å². The smallest absolute Gasteiger partial charge is 0.341 e. The standard InChI is InChI=1S/C13H18N2O2S/c1-3-10-9-15(7-8-18-10)12-11(13(16)17-2)5-4-6-14-12/h4-6,10H,3,7-9H2,1-2H3/t10-/m0/s1. The zero-order chi connectivity index (χ0) is 13.0. The number of carbonyl (C=O) groups excluding carboxylic acids is 1. The van der Waals surface area contributed by atoms with E-state index in [1.165, 1.54) is 7.11 Å². The van der Waals surface area contributed by atoms with Gasteiger partial charge in [0.1, 0.15) is 11.4 Å². The van der Waals surface area contributed by atoms with Gasteiger partial charge in [-0.25, -0.2) is 9.78 Å². The molecule has 0 amide bonds. The molecule has 18 heavy (non-hydrogen) atoms. The summed E-state index contributed by atoms with van der Waals surface area (Å²) in [5.74, 6) is 1.52. The Morgan fingerprint density at radius 2 is 2.50 bits per heavy atom. The first-order valence-electron chi connectivity index (χ1n) is 6.16. The minimum Gasteiger partial charge on any atom is -0.465 e. The van der Waals surface area contributed by atoms with Crippen LogP contribution in [0.25, 0.3) is 0 Å². The van der Waals surface area contributed by atoms with Gasteiger partial charge in [-0.2, -0.15) is 11.8 Å². The average Bonchev–Trinajstić information content (AvgIpc) is 2.46. The molecule has 1 atom stereocenters. The number of methoxy groups -OCH3 is 1. The monoisotopic (exact) mass is 266 g/mol. The van der Waals surface area contributed by atoms with Crippen LogP contribution in [0.15, 0.2) is 18.3 Å². The molecule has 0 spiro atoms.